The van der Waals surface area contributed by atoms with Crippen molar-refractivity contribution in [2.75, 3.05) is 26.4 Å². The van der Waals surface area contributed by atoms with Gasteiger partial charge < -0.3 is 19.9 Å². The van der Waals surface area contributed by atoms with E-state index in [0.29, 0.717) is 26.1 Å². The van der Waals surface area contributed by atoms with Crippen LogP contribution in [0, 0.1) is 5.41 Å². The normalized spacial score (nSPS) is 17.2. The summed E-state index contributed by atoms with van der Waals surface area (Å²) in [7, 11) is 0. The van der Waals surface area contributed by atoms with Crippen molar-refractivity contribution in [3.63, 3.8) is 0 Å². The molecule has 4 rings (SSSR count). The monoisotopic (exact) mass is 395 g/mol. The fourth-order valence-corrected chi connectivity index (χ4v) is 4.45. The number of hydrogen-bond donors (Lipinski definition) is 2. The number of rotatable bonds is 6. The lowest BCUT2D eigenvalue weighted by molar-refractivity contribution is -0.141. The fourth-order valence-electron chi connectivity index (χ4n) is 4.45. The topological polar surface area (TPSA) is 84.9 Å². The van der Waals surface area contributed by atoms with Gasteiger partial charge in [-0.1, -0.05) is 48.5 Å². The Bertz CT molecular complexity index is 858. The SMILES string of the molecule is O=C(O)CC1(CNC(=O)OCC2c3ccccc3-c3ccccc32)CCOCC1. The number of carbonyl (C=O) groups is 2. The Morgan fingerprint density at radius 2 is 1.62 bits per heavy atom. The lowest BCUT2D eigenvalue weighted by Gasteiger charge is -2.35. The Balaban J connectivity index is 1.39. The standard InChI is InChI=1S/C23H25NO5/c25-21(26)13-23(9-11-28-12-10-23)15-24-22(27)29-14-20-18-7-3-1-5-16(18)17-6-2-4-8-19(17)20/h1-8,20H,9-15H2,(H,24,27)(H,25,26). The van der Waals surface area contributed by atoms with Crippen molar-refractivity contribution in [1.29, 1.82) is 0 Å². The lowest BCUT2D eigenvalue weighted by atomic mass is 9.77. The average Bonchev–Trinajstić information content (AvgIpc) is 3.05. The van der Waals surface area contributed by atoms with Crippen LogP contribution < -0.4 is 5.32 Å². The van der Waals surface area contributed by atoms with Crippen LogP contribution >= 0.6 is 0 Å². The number of carboxylic acid groups (broad SMARTS) is 1. The molecule has 2 aromatic rings. The highest BCUT2D eigenvalue weighted by Crippen LogP contribution is 2.44. The van der Waals surface area contributed by atoms with E-state index in [1.165, 1.54) is 11.1 Å². The second kappa shape index (κ2) is 8.25. The summed E-state index contributed by atoms with van der Waals surface area (Å²) in [5.41, 5.74) is 4.20. The van der Waals surface area contributed by atoms with Crippen LogP contribution in [0.15, 0.2) is 48.5 Å². The molecule has 1 heterocycles. The fraction of sp³-hybridized carbons (Fsp3) is 0.391. The van der Waals surface area contributed by atoms with E-state index in [0.717, 1.165) is 11.1 Å². The average molecular weight is 395 g/mol. The quantitative estimate of drug-likeness (QED) is 0.777. The van der Waals surface area contributed by atoms with E-state index >= 15 is 0 Å². The van der Waals surface area contributed by atoms with Gasteiger partial charge in [-0.25, -0.2) is 4.79 Å². The molecule has 0 spiro atoms. The predicted octanol–water partition coefficient (Wildman–Crippen LogP) is 3.80. The highest BCUT2D eigenvalue weighted by molar-refractivity contribution is 5.79. The number of alkyl carbamates (subject to hydrolysis) is 1. The maximum absolute atomic E-state index is 12.4. The van der Waals surface area contributed by atoms with E-state index < -0.39 is 17.5 Å². The summed E-state index contributed by atoms with van der Waals surface area (Å²) in [6, 6.07) is 16.4. The van der Waals surface area contributed by atoms with Crippen molar-refractivity contribution in [2.45, 2.75) is 25.2 Å². The number of nitrogens with one attached hydrogen (secondary N) is 1. The molecule has 0 bridgehead atoms. The Kier molecular flexibility index (Phi) is 5.53. The number of benzene rings is 2. The molecule has 6 nitrogen and oxygen atoms in total. The molecule has 0 saturated carbocycles. The van der Waals surface area contributed by atoms with E-state index in [-0.39, 0.29) is 25.5 Å². The number of fused-ring (bicyclic) bond motifs is 3. The number of carboxylic acids is 1. The van der Waals surface area contributed by atoms with Crippen LogP contribution in [0.5, 0.6) is 0 Å². The molecule has 0 aromatic heterocycles. The second-order valence-electron chi connectivity index (χ2n) is 7.86. The van der Waals surface area contributed by atoms with Crippen molar-refractivity contribution in [3.8, 4) is 11.1 Å². The van der Waals surface area contributed by atoms with Crippen LogP contribution in [0.3, 0.4) is 0 Å². The van der Waals surface area contributed by atoms with Crippen LogP contribution in [0.2, 0.25) is 0 Å². The van der Waals surface area contributed by atoms with Crippen molar-refractivity contribution in [3.05, 3.63) is 59.7 Å². The first-order valence-corrected chi connectivity index (χ1v) is 9.96. The molecule has 152 valence electrons. The van der Waals surface area contributed by atoms with E-state index in [1.807, 2.05) is 24.3 Å². The third-order valence-electron chi connectivity index (χ3n) is 6.03. The van der Waals surface area contributed by atoms with Gasteiger partial charge in [0.05, 0.1) is 6.42 Å². The smallest absolute Gasteiger partial charge is 0.407 e. The lowest BCUT2D eigenvalue weighted by Crippen LogP contribution is -2.43. The van der Waals surface area contributed by atoms with E-state index in [4.69, 9.17) is 9.47 Å². The van der Waals surface area contributed by atoms with Crippen LogP contribution in [0.1, 0.15) is 36.3 Å². The summed E-state index contributed by atoms with van der Waals surface area (Å²) in [6.45, 7) is 1.55. The van der Waals surface area contributed by atoms with Gasteiger partial charge in [0.2, 0.25) is 0 Å². The molecule has 2 aromatic carbocycles. The second-order valence-corrected chi connectivity index (χ2v) is 7.86. The van der Waals surface area contributed by atoms with E-state index in [2.05, 4.69) is 29.6 Å². The van der Waals surface area contributed by atoms with Gasteiger partial charge in [0.1, 0.15) is 6.61 Å². The molecule has 1 saturated heterocycles. The van der Waals surface area contributed by atoms with E-state index in [9.17, 15) is 14.7 Å². The minimum atomic E-state index is -0.860. The zero-order valence-corrected chi connectivity index (χ0v) is 16.2. The number of aliphatic carboxylic acids is 1. The molecule has 1 aliphatic carbocycles. The van der Waals surface area contributed by atoms with Gasteiger partial charge in [0.25, 0.3) is 0 Å². The van der Waals surface area contributed by atoms with Crippen LogP contribution in [0.25, 0.3) is 11.1 Å². The summed E-state index contributed by atoms with van der Waals surface area (Å²) in [5, 5.41) is 12.0. The molecule has 1 amide bonds. The number of carbonyl (C=O) groups excluding carboxylic acids is 1. The summed E-state index contributed by atoms with van der Waals surface area (Å²) in [6.07, 6.45) is 0.731. The molecular weight excluding hydrogens is 370 g/mol. The largest absolute Gasteiger partial charge is 0.481 e. The van der Waals surface area contributed by atoms with Gasteiger partial charge in [-0.15, -0.1) is 0 Å². The molecule has 0 unspecified atom stereocenters. The first-order chi connectivity index (χ1) is 14.1. The Hall–Kier alpha value is -2.86. The van der Waals surface area contributed by atoms with E-state index in [1.54, 1.807) is 0 Å². The molecule has 1 aliphatic heterocycles. The van der Waals surface area contributed by atoms with Gasteiger partial charge in [-0.2, -0.15) is 0 Å². The summed E-state index contributed by atoms with van der Waals surface area (Å²) >= 11 is 0. The van der Waals surface area contributed by atoms with Crippen molar-refractivity contribution in [1.82, 2.24) is 5.32 Å². The van der Waals surface area contributed by atoms with Gasteiger partial charge >= 0.3 is 12.1 Å². The third kappa shape index (κ3) is 4.12. The molecule has 1 fully saturated rings. The predicted molar refractivity (Wildman–Crippen MR) is 108 cm³/mol. The van der Waals surface area contributed by atoms with Gasteiger partial charge in [0.15, 0.2) is 0 Å². The highest BCUT2D eigenvalue weighted by Gasteiger charge is 2.36. The molecule has 6 heteroatoms. The Morgan fingerprint density at radius 3 is 2.21 bits per heavy atom. The number of hydrogen-bond acceptors (Lipinski definition) is 4. The first kappa shape index (κ1) is 19.5. The zero-order valence-electron chi connectivity index (χ0n) is 16.2. The number of amides is 1. The van der Waals surface area contributed by atoms with Crippen molar-refractivity contribution in [2.24, 2.45) is 5.41 Å². The molecule has 2 N–H and O–H groups in total. The molecule has 2 aliphatic rings. The molecule has 0 radical (unpaired) electrons. The highest BCUT2D eigenvalue weighted by atomic mass is 16.5. The maximum atomic E-state index is 12.4. The molecule has 0 atom stereocenters. The summed E-state index contributed by atoms with van der Waals surface area (Å²) < 4.78 is 10.9. The minimum Gasteiger partial charge on any atom is -0.481 e. The Labute approximate surface area is 169 Å². The maximum Gasteiger partial charge on any atom is 0.407 e. The summed E-state index contributed by atoms with van der Waals surface area (Å²) in [4.78, 5) is 23.6. The van der Waals surface area contributed by atoms with Gasteiger partial charge in [0, 0.05) is 31.1 Å². The summed E-state index contributed by atoms with van der Waals surface area (Å²) in [5.74, 6) is -0.856. The minimum absolute atomic E-state index is 0.00390. The number of ether oxygens (including phenoxy) is 2. The van der Waals surface area contributed by atoms with Crippen molar-refractivity contribution >= 4 is 12.1 Å². The first-order valence-electron chi connectivity index (χ1n) is 9.96. The van der Waals surface area contributed by atoms with Gasteiger partial charge in [-0.05, 0) is 35.1 Å². The van der Waals surface area contributed by atoms with Crippen LogP contribution in [0.4, 0.5) is 4.79 Å². The Morgan fingerprint density at radius 1 is 1.03 bits per heavy atom. The molecule has 29 heavy (non-hydrogen) atoms. The van der Waals surface area contributed by atoms with Crippen LogP contribution in [-0.2, 0) is 14.3 Å². The third-order valence-corrected chi connectivity index (χ3v) is 6.03. The molecular formula is C23H25NO5. The van der Waals surface area contributed by atoms with Gasteiger partial charge in [-0.3, -0.25) is 4.79 Å². The van der Waals surface area contributed by atoms with Crippen molar-refractivity contribution < 1.29 is 24.2 Å². The van der Waals surface area contributed by atoms with Crippen LogP contribution in [-0.4, -0.2) is 43.5 Å². The zero-order chi connectivity index (χ0) is 20.3.